The van der Waals surface area contributed by atoms with Crippen LogP contribution in [0.15, 0.2) is 0 Å². The third-order valence-corrected chi connectivity index (χ3v) is 5.05. The van der Waals surface area contributed by atoms with Gasteiger partial charge in [-0.15, -0.1) is 0 Å². The quantitative estimate of drug-likeness (QED) is 0.814. The van der Waals surface area contributed by atoms with E-state index >= 15 is 0 Å². The zero-order valence-electron chi connectivity index (χ0n) is 12.2. The number of hydrogen-bond donors (Lipinski definition) is 1. The van der Waals surface area contributed by atoms with Crippen LogP contribution < -0.4 is 5.73 Å². The molecule has 0 saturated carbocycles. The van der Waals surface area contributed by atoms with Crippen molar-refractivity contribution >= 4 is 0 Å². The fourth-order valence-corrected chi connectivity index (χ4v) is 3.59. The van der Waals surface area contributed by atoms with Crippen molar-refractivity contribution in [2.24, 2.45) is 5.73 Å². The molecule has 2 aliphatic rings. The lowest BCUT2D eigenvalue weighted by molar-refractivity contribution is -0.0881. The molecule has 2 rings (SSSR count). The maximum Gasteiger partial charge on any atom is 0.0622 e. The highest BCUT2D eigenvalue weighted by atomic mass is 16.5. The third-order valence-electron chi connectivity index (χ3n) is 5.05. The van der Waals surface area contributed by atoms with Gasteiger partial charge in [-0.25, -0.2) is 0 Å². The Kier molecular flexibility index (Phi) is 4.64. The zero-order valence-corrected chi connectivity index (χ0v) is 12.2. The molecule has 0 bridgehead atoms. The lowest BCUT2D eigenvalue weighted by atomic mass is 9.80. The predicted octanol–water partition coefficient (Wildman–Crippen LogP) is 0.909. The minimum Gasteiger partial charge on any atom is -0.378 e. The fraction of sp³-hybridized carbons (Fsp3) is 1.00. The molecule has 0 aliphatic carbocycles. The Morgan fingerprint density at radius 3 is 2.78 bits per heavy atom. The summed E-state index contributed by atoms with van der Waals surface area (Å²) in [6.45, 7) is 9.31. The van der Waals surface area contributed by atoms with Gasteiger partial charge in [0.15, 0.2) is 0 Å². The van der Waals surface area contributed by atoms with E-state index in [4.69, 9.17) is 10.5 Å². The fourth-order valence-electron chi connectivity index (χ4n) is 3.59. The van der Waals surface area contributed by atoms with Gasteiger partial charge in [-0.1, -0.05) is 6.92 Å². The number of rotatable bonds is 3. The van der Waals surface area contributed by atoms with Crippen LogP contribution in [0.25, 0.3) is 0 Å². The first kappa shape index (κ1) is 14.3. The molecule has 2 fully saturated rings. The van der Waals surface area contributed by atoms with Crippen LogP contribution >= 0.6 is 0 Å². The van der Waals surface area contributed by atoms with E-state index in [1.807, 2.05) is 0 Å². The molecule has 2 saturated heterocycles. The van der Waals surface area contributed by atoms with Crippen molar-refractivity contribution in [1.82, 2.24) is 9.80 Å². The van der Waals surface area contributed by atoms with Crippen molar-refractivity contribution in [1.29, 1.82) is 0 Å². The average molecular weight is 255 g/mol. The Hall–Kier alpha value is -0.160. The van der Waals surface area contributed by atoms with E-state index in [1.54, 1.807) is 0 Å². The first-order valence-corrected chi connectivity index (χ1v) is 7.38. The van der Waals surface area contributed by atoms with E-state index in [0.29, 0.717) is 12.1 Å². The molecule has 0 aromatic rings. The highest BCUT2D eigenvalue weighted by Gasteiger charge is 2.43. The number of piperidine rings is 1. The SMILES string of the molecule is CCC1COCCN1C1(CN)CCN(C)C(C)C1. The van der Waals surface area contributed by atoms with Crippen molar-refractivity contribution in [3.05, 3.63) is 0 Å². The zero-order chi connectivity index (χ0) is 13.2. The summed E-state index contributed by atoms with van der Waals surface area (Å²) in [4.78, 5) is 5.12. The van der Waals surface area contributed by atoms with E-state index in [1.165, 1.54) is 12.8 Å². The molecule has 0 radical (unpaired) electrons. The van der Waals surface area contributed by atoms with Gasteiger partial charge >= 0.3 is 0 Å². The van der Waals surface area contributed by atoms with Crippen LogP contribution in [0.5, 0.6) is 0 Å². The van der Waals surface area contributed by atoms with Crippen molar-refractivity contribution in [3.63, 3.8) is 0 Å². The van der Waals surface area contributed by atoms with Crippen molar-refractivity contribution in [3.8, 4) is 0 Å². The third kappa shape index (κ3) is 2.57. The van der Waals surface area contributed by atoms with Gasteiger partial charge < -0.3 is 15.4 Å². The Bertz CT molecular complexity index is 274. The molecule has 2 N–H and O–H groups in total. The van der Waals surface area contributed by atoms with Crippen LogP contribution in [-0.2, 0) is 4.74 Å². The van der Waals surface area contributed by atoms with E-state index in [-0.39, 0.29) is 5.54 Å². The van der Waals surface area contributed by atoms with Gasteiger partial charge in [0.2, 0.25) is 0 Å². The number of nitrogens with two attached hydrogens (primary N) is 1. The van der Waals surface area contributed by atoms with Gasteiger partial charge in [0, 0.05) is 30.7 Å². The Morgan fingerprint density at radius 1 is 1.39 bits per heavy atom. The monoisotopic (exact) mass is 255 g/mol. The maximum atomic E-state index is 6.19. The smallest absolute Gasteiger partial charge is 0.0622 e. The minimum atomic E-state index is 0.205. The number of nitrogens with zero attached hydrogens (tertiary/aromatic N) is 2. The predicted molar refractivity (Wildman–Crippen MR) is 74.7 cm³/mol. The van der Waals surface area contributed by atoms with Crippen molar-refractivity contribution < 1.29 is 4.74 Å². The molecular formula is C14H29N3O. The molecule has 0 spiro atoms. The van der Waals surface area contributed by atoms with Crippen LogP contribution in [0.4, 0.5) is 0 Å². The van der Waals surface area contributed by atoms with Gasteiger partial charge in [-0.3, -0.25) is 4.90 Å². The van der Waals surface area contributed by atoms with Crippen LogP contribution in [0, 0.1) is 0 Å². The molecule has 0 aromatic carbocycles. The minimum absolute atomic E-state index is 0.205. The number of likely N-dealkylation sites (tertiary alicyclic amines) is 1. The number of hydrogen-bond acceptors (Lipinski definition) is 4. The number of morpholine rings is 1. The maximum absolute atomic E-state index is 6.19. The summed E-state index contributed by atoms with van der Waals surface area (Å²) in [6, 6.07) is 1.18. The van der Waals surface area contributed by atoms with Gasteiger partial charge in [-0.05, 0) is 39.8 Å². The highest BCUT2D eigenvalue weighted by molar-refractivity contribution is 5.01. The molecule has 3 atom stereocenters. The second-order valence-corrected chi connectivity index (χ2v) is 6.04. The summed E-state index contributed by atoms with van der Waals surface area (Å²) in [5.74, 6) is 0. The summed E-state index contributed by atoms with van der Waals surface area (Å²) in [6.07, 6.45) is 3.54. The lowest BCUT2D eigenvalue weighted by Crippen LogP contribution is -2.66. The molecule has 2 heterocycles. The Balaban J connectivity index is 2.15. The molecule has 0 amide bonds. The summed E-state index contributed by atoms with van der Waals surface area (Å²) < 4.78 is 5.64. The topological polar surface area (TPSA) is 41.7 Å². The highest BCUT2D eigenvalue weighted by Crippen LogP contribution is 2.34. The molecule has 4 heteroatoms. The average Bonchev–Trinajstić information content (AvgIpc) is 2.42. The Morgan fingerprint density at radius 2 is 2.17 bits per heavy atom. The van der Waals surface area contributed by atoms with E-state index in [2.05, 4.69) is 30.7 Å². The molecular weight excluding hydrogens is 226 g/mol. The van der Waals surface area contributed by atoms with Gasteiger partial charge in [0.25, 0.3) is 0 Å². The van der Waals surface area contributed by atoms with E-state index < -0.39 is 0 Å². The summed E-state index contributed by atoms with van der Waals surface area (Å²) in [7, 11) is 2.22. The standard InChI is InChI=1S/C14H29N3O/c1-4-13-10-18-8-7-17(13)14(11-15)5-6-16(3)12(2)9-14/h12-13H,4-11,15H2,1-3H3. The summed E-state index contributed by atoms with van der Waals surface area (Å²) in [5, 5.41) is 0. The van der Waals surface area contributed by atoms with Crippen LogP contribution in [0.1, 0.15) is 33.1 Å². The van der Waals surface area contributed by atoms with Gasteiger partial charge in [0.05, 0.1) is 13.2 Å². The second kappa shape index (κ2) is 5.87. The molecule has 2 aliphatic heterocycles. The molecule has 0 aromatic heterocycles. The molecule has 3 unspecified atom stereocenters. The van der Waals surface area contributed by atoms with Crippen molar-refractivity contribution in [2.45, 2.75) is 50.7 Å². The van der Waals surface area contributed by atoms with Gasteiger partial charge in [0.1, 0.15) is 0 Å². The first-order chi connectivity index (χ1) is 8.63. The molecule has 4 nitrogen and oxygen atoms in total. The first-order valence-electron chi connectivity index (χ1n) is 7.38. The van der Waals surface area contributed by atoms with Crippen LogP contribution in [-0.4, -0.2) is 67.3 Å². The Labute approximate surface area is 111 Å². The van der Waals surface area contributed by atoms with E-state index in [0.717, 1.165) is 39.3 Å². The second-order valence-electron chi connectivity index (χ2n) is 6.04. The normalized spacial score (nSPS) is 40.0. The van der Waals surface area contributed by atoms with Gasteiger partial charge in [-0.2, -0.15) is 0 Å². The van der Waals surface area contributed by atoms with E-state index in [9.17, 15) is 0 Å². The largest absolute Gasteiger partial charge is 0.378 e. The van der Waals surface area contributed by atoms with Crippen molar-refractivity contribution in [2.75, 3.05) is 39.9 Å². The summed E-state index contributed by atoms with van der Waals surface area (Å²) in [5.41, 5.74) is 6.40. The lowest BCUT2D eigenvalue weighted by Gasteiger charge is -2.54. The number of ether oxygens (including phenoxy) is 1. The van der Waals surface area contributed by atoms with Crippen LogP contribution in [0.3, 0.4) is 0 Å². The van der Waals surface area contributed by atoms with Crippen LogP contribution in [0.2, 0.25) is 0 Å². The molecule has 18 heavy (non-hydrogen) atoms. The summed E-state index contributed by atoms with van der Waals surface area (Å²) >= 11 is 0. The molecule has 106 valence electrons.